The summed E-state index contributed by atoms with van der Waals surface area (Å²) in [6.07, 6.45) is 8.07. The molecule has 19 heavy (non-hydrogen) atoms. The van der Waals surface area contributed by atoms with Crippen LogP contribution in [-0.4, -0.2) is 38.2 Å². The summed E-state index contributed by atoms with van der Waals surface area (Å²) in [5.74, 6) is 0.457. The van der Waals surface area contributed by atoms with Crippen molar-refractivity contribution in [2.24, 2.45) is 0 Å². The van der Waals surface area contributed by atoms with Crippen LogP contribution in [0.3, 0.4) is 0 Å². The Bertz CT molecular complexity index is 461. The molecule has 0 atom stereocenters. The van der Waals surface area contributed by atoms with Gasteiger partial charge in [-0.3, -0.25) is 4.79 Å². The second-order valence-electron chi connectivity index (χ2n) is 5.81. The SMILES string of the molecule is O=C(Cn1cc(C2CC2)nn1)NC1(CO)CCCC1. The maximum Gasteiger partial charge on any atom is 0.242 e. The number of carbonyl (C=O) groups is 1. The largest absolute Gasteiger partial charge is 0.394 e. The fourth-order valence-corrected chi connectivity index (χ4v) is 2.81. The highest BCUT2D eigenvalue weighted by Crippen LogP contribution is 2.38. The van der Waals surface area contributed by atoms with Crippen molar-refractivity contribution in [3.8, 4) is 0 Å². The van der Waals surface area contributed by atoms with E-state index in [1.54, 1.807) is 4.68 Å². The number of rotatable bonds is 5. The minimum atomic E-state index is -0.406. The lowest BCUT2D eigenvalue weighted by molar-refractivity contribution is -0.124. The van der Waals surface area contributed by atoms with Crippen LogP contribution in [-0.2, 0) is 11.3 Å². The second kappa shape index (κ2) is 4.92. The average molecular weight is 264 g/mol. The molecule has 0 bridgehead atoms. The zero-order chi connectivity index (χ0) is 13.3. The third-order valence-electron chi connectivity index (χ3n) is 4.13. The topological polar surface area (TPSA) is 80.0 Å². The van der Waals surface area contributed by atoms with E-state index in [-0.39, 0.29) is 19.1 Å². The van der Waals surface area contributed by atoms with Crippen LogP contribution < -0.4 is 5.32 Å². The summed E-state index contributed by atoms with van der Waals surface area (Å²) in [7, 11) is 0. The second-order valence-corrected chi connectivity index (χ2v) is 5.81. The smallest absolute Gasteiger partial charge is 0.242 e. The molecule has 0 saturated heterocycles. The van der Waals surface area contributed by atoms with Gasteiger partial charge in [0, 0.05) is 12.1 Å². The third kappa shape index (κ3) is 2.78. The lowest BCUT2D eigenvalue weighted by Crippen LogP contribution is -2.50. The molecule has 2 N–H and O–H groups in total. The Hall–Kier alpha value is -1.43. The van der Waals surface area contributed by atoms with Gasteiger partial charge < -0.3 is 10.4 Å². The van der Waals surface area contributed by atoms with Crippen molar-refractivity contribution < 1.29 is 9.90 Å². The summed E-state index contributed by atoms with van der Waals surface area (Å²) >= 11 is 0. The van der Waals surface area contributed by atoms with Gasteiger partial charge in [0.05, 0.1) is 17.8 Å². The molecule has 1 aromatic heterocycles. The van der Waals surface area contributed by atoms with Gasteiger partial charge in [-0.15, -0.1) is 5.10 Å². The Labute approximate surface area is 112 Å². The van der Waals surface area contributed by atoms with Crippen molar-refractivity contribution in [1.82, 2.24) is 20.3 Å². The van der Waals surface area contributed by atoms with Crippen LogP contribution in [0.4, 0.5) is 0 Å². The molecule has 6 heteroatoms. The van der Waals surface area contributed by atoms with Gasteiger partial charge in [-0.05, 0) is 25.7 Å². The summed E-state index contributed by atoms with van der Waals surface area (Å²) in [4.78, 5) is 12.0. The maximum absolute atomic E-state index is 12.0. The molecule has 2 aliphatic carbocycles. The molecule has 104 valence electrons. The van der Waals surface area contributed by atoms with E-state index in [1.165, 1.54) is 12.8 Å². The molecular weight excluding hydrogens is 244 g/mol. The first-order valence-electron chi connectivity index (χ1n) is 7.03. The number of carbonyl (C=O) groups excluding carboxylic acids is 1. The number of nitrogens with zero attached hydrogens (tertiary/aromatic N) is 3. The van der Waals surface area contributed by atoms with Gasteiger partial charge in [0.2, 0.25) is 5.91 Å². The van der Waals surface area contributed by atoms with E-state index in [1.807, 2.05) is 6.20 Å². The van der Waals surface area contributed by atoms with Crippen LogP contribution in [0.5, 0.6) is 0 Å². The van der Waals surface area contributed by atoms with Crippen LogP contribution in [0.15, 0.2) is 6.20 Å². The molecule has 0 unspecified atom stereocenters. The predicted molar refractivity (Wildman–Crippen MR) is 68.4 cm³/mol. The summed E-state index contributed by atoms with van der Waals surface area (Å²) in [5.41, 5.74) is 0.585. The van der Waals surface area contributed by atoms with Crippen molar-refractivity contribution in [2.45, 2.75) is 56.5 Å². The molecule has 1 aromatic rings. The fraction of sp³-hybridized carbons (Fsp3) is 0.769. The third-order valence-corrected chi connectivity index (χ3v) is 4.13. The Morgan fingerprint density at radius 3 is 2.84 bits per heavy atom. The molecule has 3 rings (SSSR count). The first kappa shape index (κ1) is 12.6. The summed E-state index contributed by atoms with van der Waals surface area (Å²) in [6, 6.07) is 0. The van der Waals surface area contributed by atoms with Crippen LogP contribution in [0.2, 0.25) is 0 Å². The summed E-state index contributed by atoms with van der Waals surface area (Å²) < 4.78 is 1.59. The molecule has 1 amide bonds. The highest BCUT2D eigenvalue weighted by atomic mass is 16.3. The Kier molecular flexibility index (Phi) is 3.26. The van der Waals surface area contributed by atoms with E-state index in [0.717, 1.165) is 31.4 Å². The number of hydrogen-bond acceptors (Lipinski definition) is 4. The molecule has 0 aromatic carbocycles. The van der Waals surface area contributed by atoms with Gasteiger partial charge >= 0.3 is 0 Å². The molecule has 6 nitrogen and oxygen atoms in total. The van der Waals surface area contributed by atoms with Gasteiger partial charge in [-0.25, -0.2) is 4.68 Å². The molecule has 1 heterocycles. The number of aliphatic hydroxyl groups is 1. The zero-order valence-corrected chi connectivity index (χ0v) is 11.0. The monoisotopic (exact) mass is 264 g/mol. The number of nitrogens with one attached hydrogen (secondary N) is 1. The Balaban J connectivity index is 1.57. The Morgan fingerprint density at radius 2 is 2.21 bits per heavy atom. The van der Waals surface area contributed by atoms with Gasteiger partial charge in [0.1, 0.15) is 6.54 Å². The number of aliphatic hydroxyl groups excluding tert-OH is 1. The van der Waals surface area contributed by atoms with E-state index in [2.05, 4.69) is 15.6 Å². The molecule has 0 spiro atoms. The number of aromatic nitrogens is 3. The first-order valence-corrected chi connectivity index (χ1v) is 7.03. The summed E-state index contributed by atoms with van der Waals surface area (Å²) in [6.45, 7) is 0.199. The molecule has 2 saturated carbocycles. The predicted octanol–water partition coefficient (Wildman–Crippen LogP) is 0.577. The fourth-order valence-electron chi connectivity index (χ4n) is 2.81. The lowest BCUT2D eigenvalue weighted by Gasteiger charge is -2.27. The maximum atomic E-state index is 12.0. The van der Waals surface area contributed by atoms with Gasteiger partial charge in [0.15, 0.2) is 0 Å². The Morgan fingerprint density at radius 1 is 1.47 bits per heavy atom. The first-order chi connectivity index (χ1) is 9.21. The van der Waals surface area contributed by atoms with Crippen molar-refractivity contribution >= 4 is 5.91 Å². The lowest BCUT2D eigenvalue weighted by atomic mass is 9.99. The average Bonchev–Trinajstić information content (AvgIpc) is 2.97. The molecule has 2 fully saturated rings. The van der Waals surface area contributed by atoms with Crippen LogP contribution >= 0.6 is 0 Å². The van der Waals surface area contributed by atoms with Gasteiger partial charge in [-0.2, -0.15) is 0 Å². The quantitative estimate of drug-likeness (QED) is 0.815. The van der Waals surface area contributed by atoms with Crippen LogP contribution in [0.25, 0.3) is 0 Å². The minimum absolute atomic E-state index is 0.0173. The van der Waals surface area contributed by atoms with Gasteiger partial charge in [0.25, 0.3) is 0 Å². The normalized spacial score (nSPS) is 21.5. The summed E-state index contributed by atoms with van der Waals surface area (Å²) in [5, 5.41) is 20.5. The van der Waals surface area contributed by atoms with E-state index in [9.17, 15) is 9.90 Å². The molecule has 0 radical (unpaired) electrons. The minimum Gasteiger partial charge on any atom is -0.394 e. The molecular formula is C13H20N4O2. The van der Waals surface area contributed by atoms with Crippen LogP contribution in [0, 0.1) is 0 Å². The van der Waals surface area contributed by atoms with E-state index in [0.29, 0.717) is 5.92 Å². The van der Waals surface area contributed by atoms with E-state index in [4.69, 9.17) is 0 Å². The van der Waals surface area contributed by atoms with Crippen molar-refractivity contribution in [3.63, 3.8) is 0 Å². The van der Waals surface area contributed by atoms with Crippen LogP contribution in [0.1, 0.15) is 50.1 Å². The number of amides is 1. The number of hydrogen-bond donors (Lipinski definition) is 2. The molecule has 0 aliphatic heterocycles. The molecule has 2 aliphatic rings. The van der Waals surface area contributed by atoms with E-state index < -0.39 is 5.54 Å². The highest BCUT2D eigenvalue weighted by molar-refractivity contribution is 5.76. The standard InChI is InChI=1S/C13H20N4O2/c18-9-13(5-1-2-6-13)14-12(19)8-17-7-11(15-16-17)10-3-4-10/h7,10,18H,1-6,8-9H2,(H,14,19). The van der Waals surface area contributed by atoms with Crippen molar-refractivity contribution in [1.29, 1.82) is 0 Å². The highest BCUT2D eigenvalue weighted by Gasteiger charge is 2.34. The van der Waals surface area contributed by atoms with Crippen molar-refractivity contribution in [3.05, 3.63) is 11.9 Å². The van der Waals surface area contributed by atoms with E-state index >= 15 is 0 Å². The van der Waals surface area contributed by atoms with Gasteiger partial charge in [-0.1, -0.05) is 18.1 Å². The van der Waals surface area contributed by atoms with Crippen molar-refractivity contribution in [2.75, 3.05) is 6.61 Å². The zero-order valence-electron chi connectivity index (χ0n) is 11.0.